The maximum Gasteiger partial charge on any atom is 0.314 e. The van der Waals surface area contributed by atoms with Gasteiger partial charge in [0.15, 0.2) is 16.6 Å². The van der Waals surface area contributed by atoms with E-state index in [1.54, 1.807) is 0 Å². The second-order valence-corrected chi connectivity index (χ2v) is 30.1. The van der Waals surface area contributed by atoms with Gasteiger partial charge in [-0.2, -0.15) is 0 Å². The van der Waals surface area contributed by atoms with E-state index < -0.39 is 42.3 Å². The minimum absolute atomic E-state index is 0.398. The minimum atomic E-state index is -2.39. The molecule has 7 nitrogen and oxygen atoms in total. The van der Waals surface area contributed by atoms with Gasteiger partial charge < -0.3 is 25.9 Å². The lowest BCUT2D eigenvalue weighted by Gasteiger charge is -2.42. The van der Waals surface area contributed by atoms with E-state index >= 15 is 0 Å². The Hall–Kier alpha value is 0.354. The lowest BCUT2D eigenvalue weighted by Crippen LogP contribution is -2.58. The van der Waals surface area contributed by atoms with Gasteiger partial charge in [0.25, 0.3) is 6.47 Å². The van der Waals surface area contributed by atoms with Crippen LogP contribution in [0.1, 0.15) is 6.42 Å². The van der Waals surface area contributed by atoms with Crippen molar-refractivity contribution in [2.24, 2.45) is 0 Å². The number of carbonyl (C=O) groups is 1. The van der Waals surface area contributed by atoms with E-state index in [1.807, 2.05) is 0 Å². The Morgan fingerprint density at radius 2 is 1.10 bits per heavy atom. The predicted octanol–water partition coefficient (Wildman–Crippen LogP) is 4.78. The molecule has 0 N–H and O–H groups in total. The number of hydrogen-bond donors (Lipinski definition) is 0. The van der Waals surface area contributed by atoms with Crippen molar-refractivity contribution in [3.05, 3.63) is 0 Å². The van der Waals surface area contributed by atoms with Gasteiger partial charge in [-0.15, -0.1) is 0 Å². The monoisotopic (exact) mass is 500 g/mol. The molecule has 0 heterocycles. The molecule has 0 amide bonds. The zero-order valence-electron chi connectivity index (χ0n) is 20.5. The zero-order chi connectivity index (χ0) is 23.0. The maximum atomic E-state index is 10.1. The molecule has 0 aliphatic carbocycles. The van der Waals surface area contributed by atoms with Crippen LogP contribution >= 0.6 is 0 Å². The number of hydrogen-bond acceptors (Lipinski definition) is 7. The van der Waals surface area contributed by atoms with Gasteiger partial charge in [-0.3, -0.25) is 4.79 Å². The second kappa shape index (κ2) is 11.8. The molecule has 0 aromatic rings. The molecular formula is C17H44O7Si5. The quantitative estimate of drug-likeness (QED) is 0.171. The first-order valence-electron chi connectivity index (χ1n) is 10.3. The fraction of sp³-hybridized carbons (Fsp3) is 0.941. The summed E-state index contributed by atoms with van der Waals surface area (Å²) in [6.07, 6.45) is 0.710. The number of ether oxygens (including phenoxy) is 2. The first kappa shape index (κ1) is 29.4. The summed E-state index contributed by atoms with van der Waals surface area (Å²) in [6, 6.07) is 0.892. The molecule has 0 aromatic heterocycles. The molecule has 0 rings (SSSR count). The normalized spacial score (nSPS) is 14.2. The molecule has 0 saturated heterocycles. The molecule has 0 aromatic carbocycles. The summed E-state index contributed by atoms with van der Waals surface area (Å²) < 4.78 is 36.2. The van der Waals surface area contributed by atoms with Crippen LogP contribution in [0.25, 0.3) is 0 Å². The molecule has 0 atom stereocenters. The highest BCUT2D eigenvalue weighted by molar-refractivity contribution is 6.90. The van der Waals surface area contributed by atoms with Gasteiger partial charge in [0.1, 0.15) is 0 Å². The van der Waals surface area contributed by atoms with Crippen LogP contribution in [-0.2, 0) is 30.7 Å². The van der Waals surface area contributed by atoms with E-state index in [4.69, 9.17) is 21.2 Å². The third-order valence-electron chi connectivity index (χ3n) is 3.52. The summed E-state index contributed by atoms with van der Waals surface area (Å²) in [5.74, 6) is 0. The summed E-state index contributed by atoms with van der Waals surface area (Å²) in [5.41, 5.74) is 0. The van der Waals surface area contributed by atoms with Gasteiger partial charge in [0.05, 0.1) is 6.61 Å². The molecule has 0 fully saturated rings. The van der Waals surface area contributed by atoms with E-state index in [2.05, 4.69) is 76.8 Å². The standard InChI is InChI=1S/C17H44O7Si5/c1-25(2,3)21-27(6,7)23-29(10,11)24-28(8,9)22-26(4,5)16-15-19-13-12-14-20-17-18/h17H,12-16H2,1-11H3. The largest absolute Gasteiger partial charge is 0.468 e. The second-order valence-electron chi connectivity index (χ2n) is 10.2. The van der Waals surface area contributed by atoms with Crippen molar-refractivity contribution in [1.29, 1.82) is 0 Å². The molecule has 0 saturated carbocycles. The number of rotatable bonds is 16. The molecule has 12 heteroatoms. The van der Waals surface area contributed by atoms with E-state index in [1.165, 1.54) is 0 Å². The van der Waals surface area contributed by atoms with E-state index in [0.29, 0.717) is 32.7 Å². The van der Waals surface area contributed by atoms with Gasteiger partial charge in [0.2, 0.25) is 0 Å². The van der Waals surface area contributed by atoms with Gasteiger partial charge in [-0.25, -0.2) is 0 Å². The first-order valence-corrected chi connectivity index (χ1v) is 25.3. The van der Waals surface area contributed by atoms with Crippen LogP contribution in [0.4, 0.5) is 0 Å². The summed E-state index contributed by atoms with van der Waals surface area (Å²) >= 11 is 0. The topological polar surface area (TPSA) is 72.5 Å². The summed E-state index contributed by atoms with van der Waals surface area (Å²) in [5, 5.41) is 0. The molecule has 0 radical (unpaired) electrons. The van der Waals surface area contributed by atoms with Crippen LogP contribution in [0.15, 0.2) is 0 Å². The average molecular weight is 501 g/mol. The van der Waals surface area contributed by atoms with Crippen molar-refractivity contribution in [2.75, 3.05) is 19.8 Å². The van der Waals surface area contributed by atoms with Crippen LogP contribution in [0.5, 0.6) is 0 Å². The SMILES string of the molecule is C[Si](C)(C)O[Si](C)(C)O[Si](C)(C)O[Si](C)(C)O[Si](C)(C)CCOCCCOC=O. The molecule has 174 valence electrons. The van der Waals surface area contributed by atoms with Gasteiger partial charge >= 0.3 is 25.7 Å². The summed E-state index contributed by atoms with van der Waals surface area (Å²) in [7, 11) is -10.6. The first-order chi connectivity index (χ1) is 12.9. The Labute approximate surface area is 183 Å². The van der Waals surface area contributed by atoms with Crippen LogP contribution in [-0.4, -0.2) is 68.6 Å². The highest BCUT2D eigenvalue weighted by atomic mass is 28.5. The molecule has 0 spiro atoms. The van der Waals surface area contributed by atoms with Crippen molar-refractivity contribution in [1.82, 2.24) is 0 Å². The lowest BCUT2D eigenvalue weighted by atomic mass is 10.5. The van der Waals surface area contributed by atoms with Crippen molar-refractivity contribution in [2.45, 2.75) is 84.5 Å². The van der Waals surface area contributed by atoms with E-state index in [9.17, 15) is 4.79 Å². The van der Waals surface area contributed by atoms with Crippen molar-refractivity contribution < 1.29 is 30.7 Å². The predicted molar refractivity (Wildman–Crippen MR) is 130 cm³/mol. The highest BCUT2D eigenvalue weighted by Crippen LogP contribution is 2.26. The van der Waals surface area contributed by atoms with Crippen LogP contribution in [0.2, 0.25) is 78.1 Å². The molecule has 0 aliphatic heterocycles. The minimum Gasteiger partial charge on any atom is -0.468 e. The van der Waals surface area contributed by atoms with E-state index in [0.717, 1.165) is 6.04 Å². The van der Waals surface area contributed by atoms with E-state index in [-0.39, 0.29) is 0 Å². The van der Waals surface area contributed by atoms with Crippen molar-refractivity contribution >= 4 is 48.8 Å². The Balaban J connectivity index is 4.60. The fourth-order valence-corrected chi connectivity index (χ4v) is 26.8. The molecule has 0 unspecified atom stereocenters. The van der Waals surface area contributed by atoms with Gasteiger partial charge in [0, 0.05) is 19.6 Å². The Kier molecular flexibility index (Phi) is 12.0. The summed E-state index contributed by atoms with van der Waals surface area (Å²) in [4.78, 5) is 10.1. The Morgan fingerprint density at radius 3 is 1.59 bits per heavy atom. The molecule has 0 bridgehead atoms. The van der Waals surface area contributed by atoms with Gasteiger partial charge in [-0.1, -0.05) is 0 Å². The molecule has 29 heavy (non-hydrogen) atoms. The maximum absolute atomic E-state index is 10.1. The average Bonchev–Trinajstić information content (AvgIpc) is 2.39. The van der Waals surface area contributed by atoms with Crippen molar-refractivity contribution in [3.8, 4) is 0 Å². The summed E-state index contributed by atoms with van der Waals surface area (Å²) in [6.45, 7) is 25.7. The Morgan fingerprint density at radius 1 is 0.621 bits per heavy atom. The lowest BCUT2D eigenvalue weighted by molar-refractivity contribution is -0.129. The van der Waals surface area contributed by atoms with Crippen LogP contribution in [0, 0.1) is 0 Å². The van der Waals surface area contributed by atoms with Crippen LogP contribution < -0.4 is 0 Å². The van der Waals surface area contributed by atoms with Gasteiger partial charge in [-0.05, 0) is 78.1 Å². The van der Waals surface area contributed by atoms with Crippen LogP contribution in [0.3, 0.4) is 0 Å². The highest BCUT2D eigenvalue weighted by Gasteiger charge is 2.45. The van der Waals surface area contributed by atoms with Crippen molar-refractivity contribution in [3.63, 3.8) is 0 Å². The third-order valence-corrected chi connectivity index (χ3v) is 21.4. The smallest absolute Gasteiger partial charge is 0.314 e. The molecule has 0 aliphatic rings. The third kappa shape index (κ3) is 16.7. The zero-order valence-corrected chi connectivity index (χ0v) is 25.5. The molecular weight excluding hydrogens is 457 g/mol. The number of carbonyl (C=O) groups excluding carboxylic acids is 1. The fourth-order valence-electron chi connectivity index (χ4n) is 3.41. The Bertz CT molecular complexity index is 493.